The Bertz CT molecular complexity index is 465. The van der Waals surface area contributed by atoms with Crippen molar-refractivity contribution in [2.75, 3.05) is 18.0 Å². The number of fused-ring (bicyclic) bond motifs is 2. The minimum atomic E-state index is -0.841. The van der Waals surface area contributed by atoms with Crippen molar-refractivity contribution in [2.45, 2.75) is 18.5 Å². The highest BCUT2D eigenvalue weighted by Crippen LogP contribution is 2.34. The molecule has 0 spiro atoms. The second kappa shape index (κ2) is 3.51. The van der Waals surface area contributed by atoms with Gasteiger partial charge < -0.3 is 20.0 Å². The normalized spacial score (nSPS) is 26.6. The molecule has 2 fully saturated rings. The third kappa shape index (κ3) is 1.56. The standard InChI is InChI=1S/C11H13N3O3/c15-10-2-7(3-12-4-10)13-5-9-1-8(13)6-14(9)11(16)17/h2-4,8-9,15H,1,5-6H2,(H,16,17)/t8-,9-/m0/s1. The Kier molecular flexibility index (Phi) is 2.10. The minimum absolute atomic E-state index is 0.0693. The second-order valence-corrected chi connectivity index (χ2v) is 4.53. The molecule has 2 N–H and O–H groups in total. The van der Waals surface area contributed by atoms with Crippen LogP contribution in [0.2, 0.25) is 0 Å². The lowest BCUT2D eigenvalue weighted by molar-refractivity contribution is 0.137. The zero-order valence-electron chi connectivity index (χ0n) is 9.15. The fraction of sp³-hybridized carbons (Fsp3) is 0.455. The third-order valence-corrected chi connectivity index (χ3v) is 3.53. The van der Waals surface area contributed by atoms with Gasteiger partial charge in [-0.3, -0.25) is 4.98 Å². The van der Waals surface area contributed by atoms with Gasteiger partial charge >= 0.3 is 6.09 Å². The highest BCUT2D eigenvalue weighted by molar-refractivity contribution is 5.67. The smallest absolute Gasteiger partial charge is 0.407 e. The number of nitrogens with zero attached hydrogens (tertiary/aromatic N) is 3. The Hall–Kier alpha value is -1.98. The minimum Gasteiger partial charge on any atom is -0.506 e. The molecule has 3 rings (SSSR count). The van der Waals surface area contributed by atoms with Crippen LogP contribution in [0, 0.1) is 0 Å². The highest BCUT2D eigenvalue weighted by atomic mass is 16.4. The molecule has 0 saturated carbocycles. The lowest BCUT2D eigenvalue weighted by Gasteiger charge is -2.33. The summed E-state index contributed by atoms with van der Waals surface area (Å²) in [5.41, 5.74) is 0.863. The summed E-state index contributed by atoms with van der Waals surface area (Å²) in [6.07, 6.45) is 3.11. The Morgan fingerprint density at radius 3 is 2.76 bits per heavy atom. The van der Waals surface area contributed by atoms with E-state index in [2.05, 4.69) is 9.88 Å². The van der Waals surface area contributed by atoms with Crippen molar-refractivity contribution in [3.8, 4) is 5.75 Å². The summed E-state index contributed by atoms with van der Waals surface area (Å²) >= 11 is 0. The molecule has 3 heterocycles. The Morgan fingerprint density at radius 2 is 2.18 bits per heavy atom. The van der Waals surface area contributed by atoms with E-state index in [-0.39, 0.29) is 17.8 Å². The molecule has 0 unspecified atom stereocenters. The number of hydrogen-bond donors (Lipinski definition) is 2. The number of hydrogen-bond acceptors (Lipinski definition) is 4. The number of aromatic hydroxyl groups is 1. The van der Waals surface area contributed by atoms with Crippen molar-refractivity contribution in [1.82, 2.24) is 9.88 Å². The summed E-state index contributed by atoms with van der Waals surface area (Å²) in [5.74, 6) is 0.139. The molecular weight excluding hydrogens is 222 g/mol. The van der Waals surface area contributed by atoms with E-state index in [0.29, 0.717) is 13.1 Å². The molecule has 17 heavy (non-hydrogen) atoms. The first-order chi connectivity index (χ1) is 8.15. The lowest BCUT2D eigenvalue weighted by Crippen LogP contribution is -2.48. The molecule has 6 nitrogen and oxygen atoms in total. The number of pyridine rings is 1. The average Bonchev–Trinajstić information content (AvgIpc) is 2.87. The SMILES string of the molecule is O=C(O)N1C[C@@H]2C[C@H]1CN2c1cncc(O)c1. The second-order valence-electron chi connectivity index (χ2n) is 4.53. The summed E-state index contributed by atoms with van der Waals surface area (Å²) in [6.45, 7) is 1.22. The largest absolute Gasteiger partial charge is 0.506 e. The van der Waals surface area contributed by atoms with Crippen LogP contribution in [0.25, 0.3) is 0 Å². The van der Waals surface area contributed by atoms with Gasteiger partial charge in [0.15, 0.2) is 0 Å². The molecular formula is C11H13N3O3. The summed E-state index contributed by atoms with van der Waals surface area (Å²) in [6, 6.07) is 1.94. The number of rotatable bonds is 1. The molecule has 2 aliphatic rings. The number of piperazine rings is 1. The van der Waals surface area contributed by atoms with Crippen LogP contribution in [-0.2, 0) is 0 Å². The van der Waals surface area contributed by atoms with E-state index >= 15 is 0 Å². The van der Waals surface area contributed by atoms with E-state index in [1.54, 1.807) is 12.3 Å². The van der Waals surface area contributed by atoms with Crippen LogP contribution in [-0.4, -0.2) is 51.4 Å². The molecule has 2 atom stereocenters. The van der Waals surface area contributed by atoms with Crippen molar-refractivity contribution in [3.05, 3.63) is 18.5 Å². The van der Waals surface area contributed by atoms with Gasteiger partial charge in [0.2, 0.25) is 0 Å². The number of aromatic nitrogens is 1. The summed E-state index contributed by atoms with van der Waals surface area (Å²) < 4.78 is 0. The fourth-order valence-corrected chi connectivity index (χ4v) is 2.79. The zero-order chi connectivity index (χ0) is 12.0. The van der Waals surface area contributed by atoms with Crippen molar-refractivity contribution in [2.24, 2.45) is 0 Å². The average molecular weight is 235 g/mol. The molecule has 1 aromatic heterocycles. The quantitative estimate of drug-likeness (QED) is 0.750. The molecule has 6 heteroatoms. The van der Waals surface area contributed by atoms with Gasteiger partial charge in [-0.1, -0.05) is 0 Å². The Morgan fingerprint density at radius 1 is 1.35 bits per heavy atom. The molecule has 1 amide bonds. The van der Waals surface area contributed by atoms with Crippen LogP contribution in [0.5, 0.6) is 5.75 Å². The first-order valence-electron chi connectivity index (χ1n) is 5.55. The van der Waals surface area contributed by atoms with E-state index in [1.165, 1.54) is 11.1 Å². The molecule has 1 aromatic rings. The molecule has 2 bridgehead atoms. The summed E-state index contributed by atoms with van der Waals surface area (Å²) in [7, 11) is 0. The summed E-state index contributed by atoms with van der Waals surface area (Å²) in [5, 5.41) is 18.4. The van der Waals surface area contributed by atoms with Gasteiger partial charge in [0.05, 0.1) is 24.1 Å². The monoisotopic (exact) mass is 235 g/mol. The van der Waals surface area contributed by atoms with Gasteiger partial charge in [-0.25, -0.2) is 4.79 Å². The zero-order valence-corrected chi connectivity index (χ0v) is 9.15. The van der Waals surface area contributed by atoms with Crippen LogP contribution in [0.15, 0.2) is 18.5 Å². The molecule has 0 radical (unpaired) electrons. The number of carboxylic acid groups (broad SMARTS) is 1. The third-order valence-electron chi connectivity index (χ3n) is 3.53. The van der Waals surface area contributed by atoms with Crippen LogP contribution >= 0.6 is 0 Å². The van der Waals surface area contributed by atoms with Gasteiger partial charge in [-0.2, -0.15) is 0 Å². The van der Waals surface area contributed by atoms with E-state index in [0.717, 1.165) is 12.1 Å². The van der Waals surface area contributed by atoms with Gasteiger partial charge in [-0.15, -0.1) is 0 Å². The van der Waals surface area contributed by atoms with Gasteiger partial charge in [0.25, 0.3) is 0 Å². The number of likely N-dealkylation sites (tertiary alicyclic amines) is 1. The van der Waals surface area contributed by atoms with Gasteiger partial charge in [0, 0.05) is 25.2 Å². The van der Waals surface area contributed by atoms with Crippen molar-refractivity contribution in [3.63, 3.8) is 0 Å². The van der Waals surface area contributed by atoms with E-state index in [1.807, 2.05) is 0 Å². The Balaban J connectivity index is 1.80. The first kappa shape index (κ1) is 10.2. The maximum atomic E-state index is 10.9. The molecule has 90 valence electrons. The number of anilines is 1. The van der Waals surface area contributed by atoms with Crippen LogP contribution in [0.4, 0.5) is 10.5 Å². The topological polar surface area (TPSA) is 76.9 Å². The van der Waals surface area contributed by atoms with Gasteiger partial charge in [0.1, 0.15) is 5.75 Å². The maximum Gasteiger partial charge on any atom is 0.407 e. The van der Waals surface area contributed by atoms with E-state index in [4.69, 9.17) is 5.11 Å². The molecule has 2 saturated heterocycles. The summed E-state index contributed by atoms with van der Waals surface area (Å²) in [4.78, 5) is 18.5. The highest BCUT2D eigenvalue weighted by Gasteiger charge is 2.45. The van der Waals surface area contributed by atoms with E-state index < -0.39 is 6.09 Å². The first-order valence-corrected chi connectivity index (χ1v) is 5.55. The number of carbonyl (C=O) groups is 1. The molecule has 0 aromatic carbocycles. The molecule has 0 aliphatic carbocycles. The van der Waals surface area contributed by atoms with Crippen molar-refractivity contribution in [1.29, 1.82) is 0 Å². The maximum absolute atomic E-state index is 10.9. The predicted octanol–water partition coefficient (Wildman–Crippen LogP) is 0.728. The van der Waals surface area contributed by atoms with E-state index in [9.17, 15) is 9.90 Å². The number of amides is 1. The van der Waals surface area contributed by atoms with Crippen LogP contribution < -0.4 is 4.90 Å². The molecule has 2 aliphatic heterocycles. The van der Waals surface area contributed by atoms with Crippen molar-refractivity contribution >= 4 is 11.8 Å². The lowest BCUT2D eigenvalue weighted by atomic mass is 10.2. The van der Waals surface area contributed by atoms with Gasteiger partial charge in [-0.05, 0) is 6.42 Å². The predicted molar refractivity (Wildman–Crippen MR) is 60.2 cm³/mol. The fourth-order valence-electron chi connectivity index (χ4n) is 2.79. The van der Waals surface area contributed by atoms with Crippen molar-refractivity contribution < 1.29 is 15.0 Å². The van der Waals surface area contributed by atoms with Crippen LogP contribution in [0.1, 0.15) is 6.42 Å². The Labute approximate surface area is 98.1 Å². The van der Waals surface area contributed by atoms with Crippen LogP contribution in [0.3, 0.4) is 0 Å².